The van der Waals surface area contributed by atoms with Crippen molar-refractivity contribution in [3.8, 4) is 5.75 Å². The van der Waals surface area contributed by atoms with Crippen LogP contribution >= 0.6 is 0 Å². The number of rotatable bonds is 6. The van der Waals surface area contributed by atoms with Crippen molar-refractivity contribution >= 4 is 17.6 Å². The highest BCUT2D eigenvalue weighted by molar-refractivity contribution is 5.95. The Morgan fingerprint density at radius 1 is 1.00 bits per heavy atom. The summed E-state index contributed by atoms with van der Waals surface area (Å²) in [6.45, 7) is 7.88. The van der Waals surface area contributed by atoms with E-state index in [0.29, 0.717) is 17.2 Å². The molecule has 0 saturated carbocycles. The fraction of sp³-hybridized carbons (Fsp3) is 0.333. The van der Waals surface area contributed by atoms with E-state index in [2.05, 4.69) is 23.9 Å². The van der Waals surface area contributed by atoms with Crippen molar-refractivity contribution < 1.29 is 19.1 Å². The van der Waals surface area contributed by atoms with Crippen LogP contribution in [-0.4, -0.2) is 25.1 Å². The number of anilines is 1. The van der Waals surface area contributed by atoms with E-state index in [4.69, 9.17) is 4.74 Å². The maximum absolute atomic E-state index is 12.4. The molecule has 2 aromatic carbocycles. The molecule has 26 heavy (non-hydrogen) atoms. The molecular formula is C21H25NO4. The normalized spacial score (nSPS) is 11.8. The Hall–Kier alpha value is -2.82. The topological polar surface area (TPSA) is 64.6 Å². The molecular weight excluding hydrogens is 330 g/mol. The van der Waals surface area contributed by atoms with Crippen LogP contribution in [0, 0.1) is 6.92 Å². The summed E-state index contributed by atoms with van der Waals surface area (Å²) in [7, 11) is 1.33. The van der Waals surface area contributed by atoms with Crippen LogP contribution in [0.5, 0.6) is 5.75 Å². The summed E-state index contributed by atoms with van der Waals surface area (Å²) < 4.78 is 10.6. The van der Waals surface area contributed by atoms with Gasteiger partial charge in [0.2, 0.25) is 0 Å². The SMILES string of the molecule is COC(=O)c1ccc(NC(=O)[C@@H](C)Oc2cc(C)ccc2C(C)C)cc1. The second kappa shape index (κ2) is 8.52. The van der Waals surface area contributed by atoms with E-state index >= 15 is 0 Å². The molecule has 0 aliphatic heterocycles. The summed E-state index contributed by atoms with van der Waals surface area (Å²) >= 11 is 0. The number of ether oxygens (including phenoxy) is 2. The van der Waals surface area contributed by atoms with E-state index in [1.807, 2.05) is 25.1 Å². The second-order valence-corrected chi connectivity index (χ2v) is 6.51. The van der Waals surface area contributed by atoms with E-state index < -0.39 is 12.1 Å². The number of methoxy groups -OCH3 is 1. The number of hydrogen-bond acceptors (Lipinski definition) is 4. The molecule has 0 saturated heterocycles. The lowest BCUT2D eigenvalue weighted by Gasteiger charge is -2.19. The summed E-state index contributed by atoms with van der Waals surface area (Å²) in [4.78, 5) is 23.9. The van der Waals surface area contributed by atoms with Gasteiger partial charge in [-0.2, -0.15) is 0 Å². The smallest absolute Gasteiger partial charge is 0.337 e. The molecule has 0 unspecified atom stereocenters. The van der Waals surface area contributed by atoms with Crippen molar-refractivity contribution in [2.24, 2.45) is 0 Å². The van der Waals surface area contributed by atoms with Crippen LogP contribution in [0.15, 0.2) is 42.5 Å². The highest BCUT2D eigenvalue weighted by Crippen LogP contribution is 2.28. The van der Waals surface area contributed by atoms with E-state index in [0.717, 1.165) is 16.9 Å². The molecule has 0 fully saturated rings. The lowest BCUT2D eigenvalue weighted by atomic mass is 10.0. The molecule has 1 N–H and O–H groups in total. The molecule has 0 heterocycles. The average molecular weight is 355 g/mol. The first-order chi connectivity index (χ1) is 12.3. The Kier molecular flexibility index (Phi) is 6.39. The third kappa shape index (κ3) is 4.85. The molecule has 5 nitrogen and oxygen atoms in total. The van der Waals surface area contributed by atoms with E-state index in [-0.39, 0.29) is 5.91 Å². The van der Waals surface area contributed by atoms with Gasteiger partial charge in [0.05, 0.1) is 12.7 Å². The summed E-state index contributed by atoms with van der Waals surface area (Å²) in [5, 5.41) is 2.79. The average Bonchev–Trinajstić information content (AvgIpc) is 2.61. The molecule has 1 atom stereocenters. The van der Waals surface area contributed by atoms with Gasteiger partial charge in [-0.3, -0.25) is 4.79 Å². The molecule has 0 spiro atoms. The Morgan fingerprint density at radius 2 is 1.65 bits per heavy atom. The van der Waals surface area contributed by atoms with Crippen LogP contribution in [0.4, 0.5) is 5.69 Å². The minimum Gasteiger partial charge on any atom is -0.481 e. The number of hydrogen-bond donors (Lipinski definition) is 1. The van der Waals surface area contributed by atoms with Gasteiger partial charge in [0.25, 0.3) is 5.91 Å². The van der Waals surface area contributed by atoms with Crippen molar-refractivity contribution in [2.45, 2.75) is 39.7 Å². The number of benzene rings is 2. The zero-order valence-corrected chi connectivity index (χ0v) is 15.8. The first-order valence-electron chi connectivity index (χ1n) is 8.58. The number of carbonyl (C=O) groups excluding carboxylic acids is 2. The van der Waals surface area contributed by atoms with Crippen molar-refractivity contribution in [1.82, 2.24) is 0 Å². The van der Waals surface area contributed by atoms with Crippen LogP contribution in [0.3, 0.4) is 0 Å². The van der Waals surface area contributed by atoms with Gasteiger partial charge >= 0.3 is 5.97 Å². The maximum atomic E-state index is 12.4. The summed E-state index contributed by atoms with van der Waals surface area (Å²) in [5.41, 5.74) is 3.16. The third-order valence-corrected chi connectivity index (χ3v) is 4.04. The molecule has 0 bridgehead atoms. The number of nitrogens with one attached hydrogen (secondary N) is 1. The molecule has 0 radical (unpaired) electrons. The number of carbonyl (C=O) groups is 2. The van der Waals surface area contributed by atoms with E-state index in [1.54, 1.807) is 31.2 Å². The molecule has 1 amide bonds. The first-order valence-corrected chi connectivity index (χ1v) is 8.58. The highest BCUT2D eigenvalue weighted by atomic mass is 16.5. The molecule has 2 rings (SSSR count). The van der Waals surface area contributed by atoms with Crippen molar-refractivity contribution in [3.05, 3.63) is 59.2 Å². The van der Waals surface area contributed by atoms with Crippen LogP contribution in [0.2, 0.25) is 0 Å². The molecule has 5 heteroatoms. The van der Waals surface area contributed by atoms with Gasteiger partial charge in [-0.15, -0.1) is 0 Å². The van der Waals surface area contributed by atoms with E-state index in [9.17, 15) is 9.59 Å². The number of esters is 1. The Balaban J connectivity index is 2.06. The monoisotopic (exact) mass is 355 g/mol. The van der Waals surface area contributed by atoms with Crippen molar-refractivity contribution in [1.29, 1.82) is 0 Å². The van der Waals surface area contributed by atoms with Crippen molar-refractivity contribution in [3.63, 3.8) is 0 Å². The second-order valence-electron chi connectivity index (χ2n) is 6.51. The Morgan fingerprint density at radius 3 is 2.23 bits per heavy atom. The van der Waals surface area contributed by atoms with Gasteiger partial charge in [0.1, 0.15) is 5.75 Å². The molecule has 138 valence electrons. The molecule has 0 aliphatic rings. The number of amides is 1. The largest absolute Gasteiger partial charge is 0.481 e. The third-order valence-electron chi connectivity index (χ3n) is 4.04. The fourth-order valence-electron chi connectivity index (χ4n) is 2.52. The highest BCUT2D eigenvalue weighted by Gasteiger charge is 2.18. The van der Waals surface area contributed by atoms with Gasteiger partial charge in [-0.1, -0.05) is 26.0 Å². The van der Waals surface area contributed by atoms with Gasteiger partial charge in [-0.05, 0) is 61.2 Å². The van der Waals surface area contributed by atoms with Crippen LogP contribution in [0.25, 0.3) is 0 Å². The Labute approximate surface area is 154 Å². The predicted octanol–water partition coefficient (Wildman–Crippen LogP) is 4.31. The predicted molar refractivity (Wildman–Crippen MR) is 102 cm³/mol. The van der Waals surface area contributed by atoms with Gasteiger partial charge in [-0.25, -0.2) is 4.79 Å². The summed E-state index contributed by atoms with van der Waals surface area (Å²) in [6.07, 6.45) is -0.658. The van der Waals surface area contributed by atoms with Crippen LogP contribution in [-0.2, 0) is 9.53 Å². The summed E-state index contributed by atoms with van der Waals surface area (Å²) in [6, 6.07) is 12.5. The lowest BCUT2D eigenvalue weighted by Crippen LogP contribution is -2.30. The lowest BCUT2D eigenvalue weighted by molar-refractivity contribution is -0.122. The molecule has 0 aromatic heterocycles. The van der Waals surface area contributed by atoms with Gasteiger partial charge < -0.3 is 14.8 Å². The molecule has 0 aliphatic carbocycles. The maximum Gasteiger partial charge on any atom is 0.337 e. The minimum atomic E-state index is -0.658. The van der Waals surface area contributed by atoms with Gasteiger partial charge in [0.15, 0.2) is 6.10 Å². The fourth-order valence-corrected chi connectivity index (χ4v) is 2.52. The van der Waals surface area contributed by atoms with Gasteiger partial charge in [0, 0.05) is 5.69 Å². The van der Waals surface area contributed by atoms with E-state index in [1.165, 1.54) is 7.11 Å². The quantitative estimate of drug-likeness (QED) is 0.784. The summed E-state index contributed by atoms with van der Waals surface area (Å²) in [5.74, 6) is 0.350. The first kappa shape index (κ1) is 19.5. The van der Waals surface area contributed by atoms with Crippen LogP contribution in [0.1, 0.15) is 48.2 Å². The minimum absolute atomic E-state index is 0.257. The Bertz CT molecular complexity index is 781. The number of aryl methyl sites for hydroxylation is 1. The zero-order chi connectivity index (χ0) is 19.3. The molecule has 2 aromatic rings. The van der Waals surface area contributed by atoms with Crippen LogP contribution < -0.4 is 10.1 Å². The zero-order valence-electron chi connectivity index (χ0n) is 15.8. The van der Waals surface area contributed by atoms with Crippen molar-refractivity contribution in [2.75, 3.05) is 12.4 Å². The standard InChI is InChI=1S/C21H25NO4/c1-13(2)18-11-6-14(3)12-19(18)26-15(4)20(23)22-17-9-7-16(8-10-17)21(24)25-5/h6-13,15H,1-5H3,(H,22,23)/t15-/m1/s1.